The van der Waals surface area contributed by atoms with E-state index >= 15 is 0 Å². The minimum absolute atomic E-state index is 0.169. The van der Waals surface area contributed by atoms with Gasteiger partial charge in [0.2, 0.25) is 0 Å². The summed E-state index contributed by atoms with van der Waals surface area (Å²) in [5.74, 6) is -1.67. The van der Waals surface area contributed by atoms with Gasteiger partial charge in [0.15, 0.2) is 0 Å². The number of aromatic nitrogens is 1. The van der Waals surface area contributed by atoms with E-state index in [9.17, 15) is 9.59 Å². The molecule has 1 N–H and O–H groups in total. The lowest BCUT2D eigenvalue weighted by Crippen LogP contribution is -2.25. The molecular weight excluding hydrogens is 244 g/mol. The van der Waals surface area contributed by atoms with Crippen LogP contribution in [0, 0.1) is 6.92 Å². The molecule has 0 bridgehead atoms. The first-order valence-electron chi connectivity index (χ1n) is 5.96. The lowest BCUT2D eigenvalue weighted by molar-refractivity contribution is -0.152. The van der Waals surface area contributed by atoms with Gasteiger partial charge in [0, 0.05) is 11.1 Å². The molecule has 1 amide bonds. The smallest absolute Gasteiger partial charge is 0.397 e. The molecule has 0 saturated heterocycles. The van der Waals surface area contributed by atoms with Crippen LogP contribution in [0.4, 0.5) is 5.69 Å². The van der Waals surface area contributed by atoms with Crippen molar-refractivity contribution in [2.75, 3.05) is 11.9 Å². The number of amides is 1. The number of rotatable bonds is 2. The van der Waals surface area contributed by atoms with E-state index in [1.165, 1.54) is 0 Å². The summed E-state index contributed by atoms with van der Waals surface area (Å²) in [5.41, 5.74) is 2.08. The number of benzene rings is 1. The number of esters is 1. The number of carbonyl (C=O) groups excluding carboxylic acids is 2. The molecule has 5 heteroatoms. The molecule has 2 rings (SSSR count). The Balaban J connectivity index is 2.35. The number of pyridine rings is 1. The summed E-state index contributed by atoms with van der Waals surface area (Å²) in [4.78, 5) is 27.3. The molecule has 1 aromatic carbocycles. The van der Waals surface area contributed by atoms with Gasteiger partial charge in [-0.2, -0.15) is 0 Å². The van der Waals surface area contributed by atoms with Gasteiger partial charge in [-0.15, -0.1) is 0 Å². The molecule has 0 aliphatic carbocycles. The fourth-order valence-corrected chi connectivity index (χ4v) is 1.78. The predicted molar refractivity (Wildman–Crippen MR) is 71.7 cm³/mol. The van der Waals surface area contributed by atoms with Crippen LogP contribution in [0.15, 0.2) is 30.3 Å². The van der Waals surface area contributed by atoms with Crippen molar-refractivity contribution in [1.82, 2.24) is 4.98 Å². The Morgan fingerprint density at radius 3 is 2.79 bits per heavy atom. The summed E-state index contributed by atoms with van der Waals surface area (Å²) < 4.78 is 4.65. The van der Waals surface area contributed by atoms with Crippen molar-refractivity contribution in [3.05, 3.63) is 36.0 Å². The SMILES string of the molecule is CCOC(=O)C(=O)Nc1cc(C)nc2ccccc12. The second-order valence-electron chi connectivity index (χ2n) is 4.00. The third-order valence-corrected chi connectivity index (χ3v) is 2.55. The second kappa shape index (κ2) is 5.48. The van der Waals surface area contributed by atoms with Crippen LogP contribution < -0.4 is 5.32 Å². The van der Waals surface area contributed by atoms with Gasteiger partial charge in [-0.25, -0.2) is 4.79 Å². The molecule has 98 valence electrons. The molecular formula is C14H14N2O3. The monoisotopic (exact) mass is 258 g/mol. The summed E-state index contributed by atoms with van der Waals surface area (Å²) in [7, 11) is 0. The summed E-state index contributed by atoms with van der Waals surface area (Å²) in [5, 5.41) is 3.34. The van der Waals surface area contributed by atoms with Crippen molar-refractivity contribution >= 4 is 28.5 Å². The highest BCUT2D eigenvalue weighted by Crippen LogP contribution is 2.22. The van der Waals surface area contributed by atoms with E-state index < -0.39 is 11.9 Å². The van der Waals surface area contributed by atoms with Gasteiger partial charge >= 0.3 is 11.9 Å². The highest BCUT2D eigenvalue weighted by molar-refractivity contribution is 6.37. The van der Waals surface area contributed by atoms with E-state index in [1.54, 1.807) is 13.0 Å². The molecule has 0 unspecified atom stereocenters. The van der Waals surface area contributed by atoms with Crippen molar-refractivity contribution in [1.29, 1.82) is 0 Å². The first kappa shape index (κ1) is 13.0. The van der Waals surface area contributed by atoms with E-state index in [2.05, 4.69) is 15.0 Å². The van der Waals surface area contributed by atoms with Crippen LogP contribution in [0.1, 0.15) is 12.6 Å². The van der Waals surface area contributed by atoms with Crippen molar-refractivity contribution in [3.8, 4) is 0 Å². The zero-order valence-electron chi connectivity index (χ0n) is 10.8. The van der Waals surface area contributed by atoms with Gasteiger partial charge in [0.1, 0.15) is 0 Å². The molecule has 0 spiro atoms. The fourth-order valence-electron chi connectivity index (χ4n) is 1.78. The van der Waals surface area contributed by atoms with E-state index in [0.717, 1.165) is 16.6 Å². The topological polar surface area (TPSA) is 68.3 Å². The Bertz CT molecular complexity index is 638. The number of hydrogen-bond acceptors (Lipinski definition) is 4. The van der Waals surface area contributed by atoms with Crippen LogP contribution in [0.2, 0.25) is 0 Å². The normalized spacial score (nSPS) is 10.2. The lowest BCUT2D eigenvalue weighted by Gasteiger charge is -2.09. The molecule has 0 aliphatic rings. The zero-order valence-corrected chi connectivity index (χ0v) is 10.8. The van der Waals surface area contributed by atoms with Crippen LogP contribution in [0.25, 0.3) is 10.9 Å². The number of fused-ring (bicyclic) bond motifs is 1. The van der Waals surface area contributed by atoms with Crippen LogP contribution in [-0.2, 0) is 14.3 Å². The van der Waals surface area contributed by atoms with Crippen LogP contribution in [-0.4, -0.2) is 23.5 Å². The molecule has 0 fully saturated rings. The number of aryl methyl sites for hydroxylation is 1. The van der Waals surface area contributed by atoms with Gasteiger partial charge in [0.25, 0.3) is 0 Å². The Morgan fingerprint density at radius 1 is 1.32 bits per heavy atom. The van der Waals surface area contributed by atoms with E-state index in [-0.39, 0.29) is 6.61 Å². The number of carbonyl (C=O) groups is 2. The third kappa shape index (κ3) is 2.88. The summed E-state index contributed by atoms with van der Waals surface area (Å²) in [6, 6.07) is 9.12. The van der Waals surface area contributed by atoms with Crippen LogP contribution in [0.5, 0.6) is 0 Å². The first-order valence-corrected chi connectivity index (χ1v) is 5.96. The third-order valence-electron chi connectivity index (χ3n) is 2.55. The Kier molecular flexibility index (Phi) is 3.75. The summed E-state index contributed by atoms with van der Waals surface area (Å²) in [6.45, 7) is 3.64. The van der Waals surface area contributed by atoms with E-state index in [1.807, 2.05) is 31.2 Å². The Hall–Kier alpha value is -2.43. The minimum atomic E-state index is -0.888. The average Bonchev–Trinajstić information content (AvgIpc) is 2.38. The van der Waals surface area contributed by atoms with Crippen molar-refractivity contribution in [2.24, 2.45) is 0 Å². The quantitative estimate of drug-likeness (QED) is 0.661. The average molecular weight is 258 g/mol. The maximum absolute atomic E-state index is 11.7. The number of ether oxygens (including phenoxy) is 1. The Labute approximate surface area is 110 Å². The number of nitrogens with one attached hydrogen (secondary N) is 1. The van der Waals surface area contributed by atoms with Crippen molar-refractivity contribution in [3.63, 3.8) is 0 Å². The molecule has 2 aromatic rings. The molecule has 0 radical (unpaired) electrons. The van der Waals surface area contributed by atoms with Gasteiger partial charge in [-0.05, 0) is 26.0 Å². The van der Waals surface area contributed by atoms with Crippen LogP contribution >= 0.6 is 0 Å². The molecule has 1 aromatic heterocycles. The lowest BCUT2D eigenvalue weighted by atomic mass is 10.1. The highest BCUT2D eigenvalue weighted by Gasteiger charge is 2.16. The molecule has 19 heavy (non-hydrogen) atoms. The number of hydrogen-bond donors (Lipinski definition) is 1. The van der Waals surface area contributed by atoms with Gasteiger partial charge in [0.05, 0.1) is 17.8 Å². The van der Waals surface area contributed by atoms with E-state index in [0.29, 0.717) is 5.69 Å². The number of nitrogens with zero attached hydrogens (tertiary/aromatic N) is 1. The standard InChI is InChI=1S/C14H14N2O3/c1-3-19-14(18)13(17)16-12-8-9(2)15-11-7-5-4-6-10(11)12/h4-8H,3H2,1-2H3,(H,15,16,17). The molecule has 5 nitrogen and oxygen atoms in total. The van der Waals surface area contributed by atoms with Gasteiger partial charge in [-0.1, -0.05) is 18.2 Å². The van der Waals surface area contributed by atoms with Crippen LogP contribution in [0.3, 0.4) is 0 Å². The molecule has 0 atom stereocenters. The van der Waals surface area contributed by atoms with Gasteiger partial charge in [-0.3, -0.25) is 9.78 Å². The predicted octanol–water partition coefficient (Wildman–Crippen LogP) is 2.04. The zero-order chi connectivity index (χ0) is 13.8. The maximum Gasteiger partial charge on any atom is 0.397 e. The largest absolute Gasteiger partial charge is 0.459 e. The van der Waals surface area contributed by atoms with Crippen molar-refractivity contribution in [2.45, 2.75) is 13.8 Å². The summed E-state index contributed by atoms with van der Waals surface area (Å²) >= 11 is 0. The summed E-state index contributed by atoms with van der Waals surface area (Å²) in [6.07, 6.45) is 0. The molecule has 0 aliphatic heterocycles. The number of para-hydroxylation sites is 1. The first-order chi connectivity index (χ1) is 9.11. The van der Waals surface area contributed by atoms with E-state index in [4.69, 9.17) is 0 Å². The second-order valence-corrected chi connectivity index (χ2v) is 4.00. The fraction of sp³-hybridized carbons (Fsp3) is 0.214. The Morgan fingerprint density at radius 2 is 2.05 bits per heavy atom. The molecule has 0 saturated carbocycles. The molecule has 1 heterocycles. The van der Waals surface area contributed by atoms with Gasteiger partial charge < -0.3 is 10.1 Å². The maximum atomic E-state index is 11.7. The van der Waals surface area contributed by atoms with Crippen molar-refractivity contribution < 1.29 is 14.3 Å². The number of anilines is 1. The highest BCUT2D eigenvalue weighted by atomic mass is 16.5. The minimum Gasteiger partial charge on any atom is -0.459 e.